The number of benzene rings is 1. The average Bonchev–Trinajstić information content (AvgIpc) is 3.46. The molecule has 0 bridgehead atoms. The zero-order valence-electron chi connectivity index (χ0n) is 21.5. The number of nitrogens with zero attached hydrogens (tertiary/aromatic N) is 5. The van der Waals surface area contributed by atoms with Crippen molar-refractivity contribution < 1.29 is 4.79 Å². The number of nitrogens with one attached hydrogen (secondary N) is 2. The van der Waals surface area contributed by atoms with Crippen molar-refractivity contribution in [3.05, 3.63) is 113 Å². The standard InChI is InChI=1S/C21H22N6O.C9H9N/c1-2-15(17-9-23-13-24-10-17)3-4-16-5-7-22-11-18(16)21(28)27-8-6-19-20(12-27)26-14-25-19;1-2-4-9-7-10-6-5-8(9)3-1/h2-4,9-11,13-14H,5-8,12H2,1H3,(H,25,26);1-6,10H,7H2/b4-3-,15-2+;. The monoisotopic (exact) mass is 505 g/mol. The number of aliphatic imine (C=N–C) groups is 1. The van der Waals surface area contributed by atoms with Crippen LogP contribution in [0.25, 0.3) is 11.6 Å². The topological polar surface area (TPSA) is 99.2 Å². The summed E-state index contributed by atoms with van der Waals surface area (Å²) in [4.78, 5) is 35.0. The molecule has 0 saturated heterocycles. The van der Waals surface area contributed by atoms with Gasteiger partial charge in [0.2, 0.25) is 0 Å². The van der Waals surface area contributed by atoms with Gasteiger partial charge in [-0.2, -0.15) is 0 Å². The van der Waals surface area contributed by atoms with Gasteiger partial charge in [0.1, 0.15) is 6.33 Å². The molecule has 1 amide bonds. The molecule has 6 rings (SSSR count). The molecule has 5 heterocycles. The Hall–Kier alpha value is -4.59. The fourth-order valence-electron chi connectivity index (χ4n) is 4.65. The van der Waals surface area contributed by atoms with E-state index in [9.17, 15) is 4.79 Å². The molecule has 1 aromatic carbocycles. The Bertz CT molecular complexity index is 1430. The summed E-state index contributed by atoms with van der Waals surface area (Å²) in [6.45, 7) is 4.87. The first-order chi connectivity index (χ1) is 18.7. The van der Waals surface area contributed by atoms with E-state index in [2.05, 4.69) is 60.6 Å². The Morgan fingerprint density at radius 3 is 2.84 bits per heavy atom. The number of hydrogen-bond donors (Lipinski definition) is 2. The quantitative estimate of drug-likeness (QED) is 0.516. The van der Waals surface area contributed by atoms with E-state index in [0.717, 1.165) is 47.5 Å². The lowest BCUT2D eigenvalue weighted by Gasteiger charge is -2.27. The van der Waals surface area contributed by atoms with E-state index in [-0.39, 0.29) is 5.91 Å². The van der Waals surface area contributed by atoms with Crippen LogP contribution in [0.4, 0.5) is 0 Å². The van der Waals surface area contributed by atoms with E-state index in [1.54, 1.807) is 24.9 Å². The number of carbonyl (C=O) groups is 1. The highest BCUT2D eigenvalue weighted by Gasteiger charge is 2.26. The second-order valence-corrected chi connectivity index (χ2v) is 9.15. The van der Waals surface area contributed by atoms with Crippen LogP contribution in [0, 0.1) is 0 Å². The minimum absolute atomic E-state index is 0.0217. The molecule has 3 aliphatic rings. The van der Waals surface area contributed by atoms with Crippen LogP contribution in [0.15, 0.2) is 89.9 Å². The summed E-state index contributed by atoms with van der Waals surface area (Å²) in [6, 6.07) is 8.41. The molecule has 192 valence electrons. The van der Waals surface area contributed by atoms with Gasteiger partial charge in [-0.15, -0.1) is 0 Å². The number of carbonyl (C=O) groups excluding carboxylic acids is 1. The lowest BCUT2D eigenvalue weighted by Crippen LogP contribution is -2.38. The first kappa shape index (κ1) is 25.1. The highest BCUT2D eigenvalue weighted by Crippen LogP contribution is 2.23. The zero-order valence-corrected chi connectivity index (χ0v) is 21.5. The fourth-order valence-corrected chi connectivity index (χ4v) is 4.65. The third kappa shape index (κ3) is 5.86. The van der Waals surface area contributed by atoms with Gasteiger partial charge in [-0.25, -0.2) is 15.0 Å². The first-order valence-electron chi connectivity index (χ1n) is 12.8. The molecule has 38 heavy (non-hydrogen) atoms. The lowest BCUT2D eigenvalue weighted by molar-refractivity contribution is -0.127. The number of rotatable bonds is 4. The van der Waals surface area contributed by atoms with Crippen LogP contribution in [-0.4, -0.2) is 50.0 Å². The number of allylic oxidation sites excluding steroid dienone is 4. The summed E-state index contributed by atoms with van der Waals surface area (Å²) in [5.41, 5.74) is 8.43. The normalized spacial score (nSPS) is 16.4. The second kappa shape index (κ2) is 12.1. The summed E-state index contributed by atoms with van der Waals surface area (Å²) in [5.74, 6) is 0.0217. The number of fused-ring (bicyclic) bond motifs is 2. The fraction of sp³-hybridized carbons (Fsp3) is 0.233. The molecule has 0 unspecified atom stereocenters. The number of H-pyrrole nitrogens is 1. The molecule has 3 aromatic rings. The van der Waals surface area contributed by atoms with Gasteiger partial charge in [-0.1, -0.05) is 42.5 Å². The van der Waals surface area contributed by atoms with Gasteiger partial charge in [0.25, 0.3) is 5.91 Å². The Balaban J connectivity index is 0.000000244. The minimum atomic E-state index is 0.0217. The van der Waals surface area contributed by atoms with E-state index < -0.39 is 0 Å². The third-order valence-electron chi connectivity index (χ3n) is 6.77. The van der Waals surface area contributed by atoms with Crippen molar-refractivity contribution in [3.63, 3.8) is 0 Å². The van der Waals surface area contributed by atoms with Crippen LogP contribution in [0.2, 0.25) is 0 Å². The Morgan fingerprint density at radius 2 is 2.00 bits per heavy atom. The molecule has 0 aliphatic carbocycles. The predicted octanol–water partition coefficient (Wildman–Crippen LogP) is 4.28. The van der Waals surface area contributed by atoms with Crippen molar-refractivity contribution in [2.24, 2.45) is 4.99 Å². The summed E-state index contributed by atoms with van der Waals surface area (Å²) in [7, 11) is 0. The SMILES string of the molecule is C/C=C(\C=C/C1=C(C(=O)N2CCc3nc[nH]c3C2)C=NCC1)c1cncnc1.C1=Cc2ccccc2CN1. The molecule has 3 aliphatic heterocycles. The second-order valence-electron chi connectivity index (χ2n) is 9.15. The number of imidazole rings is 1. The Kier molecular flexibility index (Phi) is 7.98. The molecule has 0 spiro atoms. The largest absolute Gasteiger partial charge is 0.387 e. The van der Waals surface area contributed by atoms with Gasteiger partial charge in [-0.3, -0.25) is 9.79 Å². The summed E-state index contributed by atoms with van der Waals surface area (Å²) < 4.78 is 0. The lowest BCUT2D eigenvalue weighted by atomic mass is 9.99. The van der Waals surface area contributed by atoms with Crippen LogP contribution in [0.5, 0.6) is 0 Å². The smallest absolute Gasteiger partial charge is 0.256 e. The van der Waals surface area contributed by atoms with Gasteiger partial charge in [0.15, 0.2) is 0 Å². The third-order valence-corrected chi connectivity index (χ3v) is 6.77. The van der Waals surface area contributed by atoms with Gasteiger partial charge in [-0.05, 0) is 47.9 Å². The van der Waals surface area contributed by atoms with Gasteiger partial charge >= 0.3 is 0 Å². The molecule has 8 nitrogen and oxygen atoms in total. The van der Waals surface area contributed by atoms with Crippen LogP contribution < -0.4 is 5.32 Å². The van der Waals surface area contributed by atoms with Gasteiger partial charge in [0.05, 0.1) is 29.8 Å². The molecular weight excluding hydrogens is 474 g/mol. The summed E-state index contributed by atoms with van der Waals surface area (Å²) in [6.07, 6.45) is 20.2. The van der Waals surface area contributed by atoms with Gasteiger partial charge < -0.3 is 15.2 Å². The Morgan fingerprint density at radius 1 is 1.13 bits per heavy atom. The van der Waals surface area contributed by atoms with Crippen LogP contribution in [0.3, 0.4) is 0 Å². The minimum Gasteiger partial charge on any atom is -0.387 e. The highest BCUT2D eigenvalue weighted by atomic mass is 16.2. The number of aromatic nitrogens is 4. The molecule has 0 radical (unpaired) electrons. The molecular formula is C30H31N7O. The molecule has 0 fully saturated rings. The summed E-state index contributed by atoms with van der Waals surface area (Å²) in [5, 5.41) is 3.16. The zero-order chi connectivity index (χ0) is 26.2. The Labute approximate surface area is 222 Å². The number of amides is 1. The van der Waals surface area contributed by atoms with E-state index in [1.807, 2.05) is 36.3 Å². The summed E-state index contributed by atoms with van der Waals surface area (Å²) >= 11 is 0. The highest BCUT2D eigenvalue weighted by molar-refractivity contribution is 6.13. The number of aromatic amines is 1. The first-order valence-corrected chi connectivity index (χ1v) is 12.8. The van der Waals surface area contributed by atoms with Crippen molar-refractivity contribution >= 4 is 23.8 Å². The average molecular weight is 506 g/mol. The predicted molar refractivity (Wildman–Crippen MR) is 150 cm³/mol. The maximum absolute atomic E-state index is 13.2. The van der Waals surface area contributed by atoms with Crippen molar-refractivity contribution in [1.29, 1.82) is 0 Å². The van der Waals surface area contributed by atoms with E-state index in [0.29, 0.717) is 25.2 Å². The number of hydrogen-bond acceptors (Lipinski definition) is 6. The molecule has 2 aromatic heterocycles. The molecule has 8 heteroatoms. The van der Waals surface area contributed by atoms with E-state index >= 15 is 0 Å². The number of dihydropyridines is 1. The maximum Gasteiger partial charge on any atom is 0.256 e. The van der Waals surface area contributed by atoms with Crippen LogP contribution in [0.1, 0.15) is 41.4 Å². The van der Waals surface area contributed by atoms with Crippen molar-refractivity contribution in [2.45, 2.75) is 32.9 Å². The molecule has 0 atom stereocenters. The van der Waals surface area contributed by atoms with Crippen LogP contribution >= 0.6 is 0 Å². The molecule has 2 N–H and O–H groups in total. The van der Waals surface area contributed by atoms with E-state index in [1.165, 1.54) is 17.5 Å². The maximum atomic E-state index is 13.2. The van der Waals surface area contributed by atoms with Gasteiger partial charge in [0, 0.05) is 50.2 Å². The van der Waals surface area contributed by atoms with E-state index in [4.69, 9.17) is 0 Å². The van der Waals surface area contributed by atoms with Crippen molar-refractivity contribution in [1.82, 2.24) is 30.2 Å². The molecule has 0 saturated carbocycles. The van der Waals surface area contributed by atoms with Crippen molar-refractivity contribution in [3.8, 4) is 0 Å². The van der Waals surface area contributed by atoms with Crippen molar-refractivity contribution in [2.75, 3.05) is 13.1 Å². The van der Waals surface area contributed by atoms with Crippen LogP contribution in [-0.2, 0) is 24.3 Å².